The fourth-order valence-electron chi connectivity index (χ4n) is 2.49. The summed E-state index contributed by atoms with van der Waals surface area (Å²) < 4.78 is 5.22. The molecule has 0 aliphatic rings. The van der Waals surface area contributed by atoms with E-state index in [-0.39, 0.29) is 0 Å². The molecule has 0 aliphatic heterocycles. The van der Waals surface area contributed by atoms with Gasteiger partial charge in [0.05, 0.1) is 7.11 Å². The minimum Gasteiger partial charge on any atom is -0.497 e. The quantitative estimate of drug-likeness (QED) is 0.255. The van der Waals surface area contributed by atoms with Crippen molar-refractivity contribution in [3.63, 3.8) is 0 Å². The first-order chi connectivity index (χ1) is 13.8. The molecule has 1 heterocycles. The number of anilines is 1. The molecule has 0 atom stereocenters. The van der Waals surface area contributed by atoms with E-state index in [1.54, 1.807) is 30.6 Å². The monoisotopic (exact) mass is 411 g/mol. The maximum Gasteiger partial charge on any atom is 0.190 e. The van der Waals surface area contributed by atoms with Gasteiger partial charge in [-0.1, -0.05) is 61.2 Å². The van der Waals surface area contributed by atoms with E-state index >= 15 is 0 Å². The molecule has 1 aromatic heterocycles. The summed E-state index contributed by atoms with van der Waals surface area (Å²) >= 11 is 3.45. The van der Waals surface area contributed by atoms with Crippen molar-refractivity contribution in [1.82, 2.24) is 9.97 Å². The number of methoxy groups -OCH3 is 1. The summed E-state index contributed by atoms with van der Waals surface area (Å²) in [5.74, 6) is 3.64. The van der Waals surface area contributed by atoms with Crippen LogP contribution in [0.15, 0.2) is 70.8 Å². The molecule has 146 valence electrons. The zero-order chi connectivity index (χ0) is 19.6. The average Bonchev–Trinajstić information content (AvgIpc) is 2.76. The van der Waals surface area contributed by atoms with E-state index in [1.807, 2.05) is 24.3 Å². The Balaban J connectivity index is 1.68. The zero-order valence-electron chi connectivity index (χ0n) is 16.2. The van der Waals surface area contributed by atoms with Gasteiger partial charge in [0.2, 0.25) is 0 Å². The van der Waals surface area contributed by atoms with E-state index in [9.17, 15) is 0 Å². The summed E-state index contributed by atoms with van der Waals surface area (Å²) in [6, 6.07) is 20.6. The van der Waals surface area contributed by atoms with Crippen molar-refractivity contribution in [3.05, 3.63) is 71.8 Å². The van der Waals surface area contributed by atoms with Gasteiger partial charge in [-0.25, -0.2) is 9.97 Å². The highest BCUT2D eigenvalue weighted by Gasteiger charge is 2.07. The first-order valence-corrected chi connectivity index (χ1v) is 11.3. The van der Waals surface area contributed by atoms with E-state index < -0.39 is 0 Å². The number of aromatic nitrogens is 2. The second-order valence-electron chi connectivity index (χ2n) is 6.20. The van der Waals surface area contributed by atoms with Crippen LogP contribution in [-0.4, -0.2) is 22.8 Å². The maximum absolute atomic E-state index is 5.22. The zero-order valence-corrected chi connectivity index (χ0v) is 17.9. The summed E-state index contributed by atoms with van der Waals surface area (Å²) in [6.07, 6.45) is 1.10. The van der Waals surface area contributed by atoms with Gasteiger partial charge in [-0.2, -0.15) is 0 Å². The van der Waals surface area contributed by atoms with Crippen molar-refractivity contribution in [2.45, 2.75) is 35.8 Å². The Hall–Kier alpha value is -2.18. The molecule has 3 rings (SSSR count). The van der Waals surface area contributed by atoms with Gasteiger partial charge >= 0.3 is 0 Å². The number of hydrogen-bond donors (Lipinski definition) is 1. The summed E-state index contributed by atoms with van der Waals surface area (Å²) in [7, 11) is 1.68. The Labute approximate surface area is 175 Å². The minimum atomic E-state index is 0.710. The lowest BCUT2D eigenvalue weighted by atomic mass is 10.2. The molecular formula is C22H25N3OS2. The average molecular weight is 412 g/mol. The maximum atomic E-state index is 5.22. The third-order valence-electron chi connectivity index (χ3n) is 3.98. The Morgan fingerprint density at radius 3 is 2.43 bits per heavy atom. The molecule has 0 radical (unpaired) electrons. The van der Waals surface area contributed by atoms with Gasteiger partial charge in [-0.05, 0) is 29.7 Å². The van der Waals surface area contributed by atoms with Gasteiger partial charge in [-0.15, -0.1) is 11.8 Å². The number of nitrogens with one attached hydrogen (secondary N) is 1. The number of rotatable bonds is 10. The van der Waals surface area contributed by atoms with Crippen molar-refractivity contribution in [2.24, 2.45) is 0 Å². The van der Waals surface area contributed by atoms with Crippen LogP contribution in [0.2, 0.25) is 0 Å². The fourth-order valence-corrected chi connectivity index (χ4v) is 4.12. The van der Waals surface area contributed by atoms with Gasteiger partial charge in [0.1, 0.15) is 16.6 Å². The third kappa shape index (κ3) is 6.46. The van der Waals surface area contributed by atoms with Crippen LogP contribution >= 0.6 is 23.5 Å². The number of thioether (sulfide) groups is 2. The van der Waals surface area contributed by atoms with E-state index in [2.05, 4.69) is 53.6 Å². The van der Waals surface area contributed by atoms with Gasteiger partial charge in [0.25, 0.3) is 0 Å². The molecule has 0 saturated heterocycles. The lowest BCUT2D eigenvalue weighted by Crippen LogP contribution is -2.03. The Bertz CT molecular complexity index is 857. The van der Waals surface area contributed by atoms with Gasteiger partial charge < -0.3 is 10.1 Å². The highest BCUT2D eigenvalue weighted by Crippen LogP contribution is 2.26. The normalized spacial score (nSPS) is 10.6. The Kier molecular flexibility index (Phi) is 8.06. The topological polar surface area (TPSA) is 47.0 Å². The fraction of sp³-hybridized carbons (Fsp3) is 0.273. The van der Waals surface area contributed by atoms with Gasteiger partial charge in [0.15, 0.2) is 5.16 Å². The van der Waals surface area contributed by atoms with Crippen LogP contribution in [0.25, 0.3) is 0 Å². The van der Waals surface area contributed by atoms with E-state index in [0.29, 0.717) is 6.54 Å². The molecule has 3 aromatic rings. The van der Waals surface area contributed by atoms with Crippen molar-refractivity contribution in [1.29, 1.82) is 0 Å². The molecule has 0 bridgehead atoms. The van der Waals surface area contributed by atoms with Gasteiger partial charge in [-0.3, -0.25) is 0 Å². The molecule has 0 unspecified atom stereocenters. The molecule has 0 saturated carbocycles. The second-order valence-corrected chi connectivity index (χ2v) is 8.26. The molecule has 0 amide bonds. The van der Waals surface area contributed by atoms with E-state index in [0.717, 1.165) is 39.7 Å². The number of benzene rings is 2. The number of ether oxygens (including phenoxy) is 1. The van der Waals surface area contributed by atoms with E-state index in [4.69, 9.17) is 9.72 Å². The summed E-state index contributed by atoms with van der Waals surface area (Å²) in [4.78, 5) is 9.40. The minimum absolute atomic E-state index is 0.710. The van der Waals surface area contributed by atoms with Crippen molar-refractivity contribution in [3.8, 4) is 5.75 Å². The lowest BCUT2D eigenvalue weighted by molar-refractivity contribution is 0.414. The van der Waals surface area contributed by atoms with Crippen LogP contribution in [0.3, 0.4) is 0 Å². The molecule has 6 heteroatoms. The smallest absolute Gasteiger partial charge is 0.190 e. The first-order valence-electron chi connectivity index (χ1n) is 9.32. The highest BCUT2D eigenvalue weighted by molar-refractivity contribution is 7.99. The van der Waals surface area contributed by atoms with Crippen molar-refractivity contribution >= 4 is 29.3 Å². The summed E-state index contributed by atoms with van der Waals surface area (Å²) in [5, 5.41) is 5.26. The molecule has 28 heavy (non-hydrogen) atoms. The number of nitrogens with zero attached hydrogens (tertiary/aromatic N) is 2. The second kappa shape index (κ2) is 11.0. The molecule has 0 spiro atoms. The SMILES string of the molecule is CCCSc1nc(NCc2ccc(OC)cc2)cc(SCc2ccccc2)n1. The Morgan fingerprint density at radius 2 is 1.71 bits per heavy atom. The standard InChI is InChI=1S/C22H25N3OS2/c1-3-13-27-22-24-20(23-15-17-9-11-19(26-2)12-10-17)14-21(25-22)28-16-18-7-5-4-6-8-18/h4-12,14H,3,13,15-16H2,1-2H3,(H,23,24,25). The molecule has 4 nitrogen and oxygen atoms in total. The van der Waals surface area contributed by atoms with Gasteiger partial charge in [0, 0.05) is 24.1 Å². The molecule has 2 aromatic carbocycles. The van der Waals surface area contributed by atoms with Crippen LogP contribution in [0.1, 0.15) is 24.5 Å². The number of hydrogen-bond acceptors (Lipinski definition) is 6. The highest BCUT2D eigenvalue weighted by atomic mass is 32.2. The van der Waals surface area contributed by atoms with Crippen LogP contribution in [0.4, 0.5) is 5.82 Å². The summed E-state index contributed by atoms with van der Waals surface area (Å²) in [5.41, 5.74) is 2.47. The van der Waals surface area contributed by atoms with Crippen LogP contribution in [-0.2, 0) is 12.3 Å². The van der Waals surface area contributed by atoms with Crippen LogP contribution < -0.4 is 10.1 Å². The predicted octanol–water partition coefficient (Wildman–Crippen LogP) is 5.89. The Morgan fingerprint density at radius 1 is 0.929 bits per heavy atom. The lowest BCUT2D eigenvalue weighted by Gasteiger charge is -2.10. The summed E-state index contributed by atoms with van der Waals surface area (Å²) in [6.45, 7) is 2.88. The van der Waals surface area contributed by atoms with Crippen LogP contribution in [0, 0.1) is 0 Å². The largest absolute Gasteiger partial charge is 0.497 e. The first kappa shape index (κ1) is 20.6. The molecule has 0 fully saturated rings. The van der Waals surface area contributed by atoms with Crippen LogP contribution in [0.5, 0.6) is 5.75 Å². The molecular weight excluding hydrogens is 386 g/mol. The van der Waals surface area contributed by atoms with Crippen molar-refractivity contribution in [2.75, 3.05) is 18.2 Å². The predicted molar refractivity (Wildman–Crippen MR) is 119 cm³/mol. The third-order valence-corrected chi connectivity index (χ3v) is 6.02. The van der Waals surface area contributed by atoms with E-state index in [1.165, 1.54) is 11.1 Å². The molecule has 1 N–H and O–H groups in total. The molecule has 0 aliphatic carbocycles. The van der Waals surface area contributed by atoms with Crippen molar-refractivity contribution < 1.29 is 4.74 Å².